The zero-order valence-electron chi connectivity index (χ0n) is 11.7. The number of pyridine rings is 1. The molecule has 1 aliphatic rings. The molecule has 1 saturated carbocycles. The smallest absolute Gasteiger partial charge is 0.0702 e. The van der Waals surface area contributed by atoms with Crippen LogP contribution in [0, 0.1) is 5.92 Å². The van der Waals surface area contributed by atoms with Gasteiger partial charge in [-0.3, -0.25) is 4.98 Å². The Bertz CT molecular complexity index is 612. The number of alkyl halides is 1. The van der Waals surface area contributed by atoms with E-state index in [0.717, 1.165) is 5.52 Å². The number of hydrogen-bond acceptors (Lipinski definition) is 1. The van der Waals surface area contributed by atoms with Gasteiger partial charge in [-0.05, 0) is 42.5 Å². The Hall–Kier alpha value is -1.34. The second-order valence-corrected chi connectivity index (χ2v) is 5.91. The standard InChI is InChI=1S/C18H20ClN/c19-13-17(15-5-2-1-3-6-15)12-14-8-9-18-16(11-14)7-4-10-20-18/h4,7-12,15H,1-3,5-6,13H2/b17-12-. The maximum absolute atomic E-state index is 6.19. The summed E-state index contributed by atoms with van der Waals surface area (Å²) in [6.45, 7) is 0. The Kier molecular flexibility index (Phi) is 4.37. The van der Waals surface area contributed by atoms with Gasteiger partial charge in [0.15, 0.2) is 0 Å². The maximum Gasteiger partial charge on any atom is 0.0702 e. The van der Waals surface area contributed by atoms with Crippen molar-refractivity contribution in [2.75, 3.05) is 5.88 Å². The molecule has 1 nitrogen and oxygen atoms in total. The molecule has 0 saturated heterocycles. The number of rotatable bonds is 3. The lowest BCUT2D eigenvalue weighted by Gasteiger charge is -2.23. The molecule has 0 aliphatic heterocycles. The molecule has 3 rings (SSSR count). The van der Waals surface area contributed by atoms with Crippen LogP contribution < -0.4 is 0 Å². The normalized spacial score (nSPS) is 17.6. The van der Waals surface area contributed by atoms with Gasteiger partial charge in [0.1, 0.15) is 0 Å². The van der Waals surface area contributed by atoms with Crippen LogP contribution in [0.4, 0.5) is 0 Å². The summed E-state index contributed by atoms with van der Waals surface area (Å²) in [7, 11) is 0. The van der Waals surface area contributed by atoms with Crippen molar-refractivity contribution >= 4 is 28.6 Å². The van der Waals surface area contributed by atoms with E-state index in [4.69, 9.17) is 11.6 Å². The highest BCUT2D eigenvalue weighted by atomic mass is 35.5. The highest BCUT2D eigenvalue weighted by Gasteiger charge is 2.17. The van der Waals surface area contributed by atoms with Crippen LogP contribution >= 0.6 is 11.6 Å². The predicted molar refractivity (Wildman–Crippen MR) is 87.0 cm³/mol. The van der Waals surface area contributed by atoms with Gasteiger partial charge in [-0.1, -0.05) is 43.0 Å². The van der Waals surface area contributed by atoms with E-state index in [-0.39, 0.29) is 0 Å². The van der Waals surface area contributed by atoms with Crippen molar-refractivity contribution in [3.8, 4) is 0 Å². The molecule has 20 heavy (non-hydrogen) atoms. The summed E-state index contributed by atoms with van der Waals surface area (Å²) >= 11 is 6.19. The molecule has 1 heterocycles. The van der Waals surface area contributed by atoms with Gasteiger partial charge < -0.3 is 0 Å². The third kappa shape index (κ3) is 3.04. The molecular weight excluding hydrogens is 266 g/mol. The first-order valence-corrected chi connectivity index (χ1v) is 8.01. The summed E-state index contributed by atoms with van der Waals surface area (Å²) in [5.74, 6) is 1.33. The van der Waals surface area contributed by atoms with Crippen LogP contribution in [0.25, 0.3) is 17.0 Å². The number of allylic oxidation sites excluding steroid dienone is 1. The van der Waals surface area contributed by atoms with Gasteiger partial charge in [-0.15, -0.1) is 11.6 Å². The summed E-state index contributed by atoms with van der Waals surface area (Å²) in [6.07, 6.45) is 10.8. The highest BCUT2D eigenvalue weighted by molar-refractivity contribution is 6.19. The predicted octanol–water partition coefficient (Wildman–Crippen LogP) is 5.44. The van der Waals surface area contributed by atoms with Crippen LogP contribution in [0.5, 0.6) is 0 Å². The van der Waals surface area contributed by atoms with Gasteiger partial charge in [-0.2, -0.15) is 0 Å². The Labute approximate surface area is 125 Å². The number of fused-ring (bicyclic) bond motifs is 1. The van der Waals surface area contributed by atoms with Crippen LogP contribution in [0.15, 0.2) is 42.1 Å². The summed E-state index contributed by atoms with van der Waals surface area (Å²) < 4.78 is 0. The van der Waals surface area contributed by atoms with Crippen LogP contribution in [0.2, 0.25) is 0 Å². The fourth-order valence-electron chi connectivity index (χ4n) is 3.14. The fraction of sp³-hybridized carbons (Fsp3) is 0.389. The second kappa shape index (κ2) is 6.41. The van der Waals surface area contributed by atoms with E-state index in [0.29, 0.717) is 11.8 Å². The molecular formula is C18H20ClN. The van der Waals surface area contributed by atoms with E-state index in [9.17, 15) is 0 Å². The van der Waals surface area contributed by atoms with Gasteiger partial charge in [0.2, 0.25) is 0 Å². The average molecular weight is 286 g/mol. The molecule has 0 spiro atoms. The Morgan fingerprint density at radius 2 is 2.05 bits per heavy atom. The van der Waals surface area contributed by atoms with Crippen molar-refractivity contribution in [2.45, 2.75) is 32.1 Å². The number of aromatic nitrogens is 1. The first-order chi connectivity index (χ1) is 9.86. The van der Waals surface area contributed by atoms with Crippen LogP contribution in [0.1, 0.15) is 37.7 Å². The number of hydrogen-bond donors (Lipinski definition) is 0. The molecule has 1 aromatic heterocycles. The second-order valence-electron chi connectivity index (χ2n) is 5.64. The van der Waals surface area contributed by atoms with E-state index >= 15 is 0 Å². The van der Waals surface area contributed by atoms with Crippen molar-refractivity contribution in [3.63, 3.8) is 0 Å². The molecule has 0 radical (unpaired) electrons. The van der Waals surface area contributed by atoms with E-state index in [1.165, 1.54) is 48.6 Å². The van der Waals surface area contributed by atoms with Crippen molar-refractivity contribution < 1.29 is 0 Å². The Morgan fingerprint density at radius 3 is 2.85 bits per heavy atom. The number of nitrogens with zero attached hydrogens (tertiary/aromatic N) is 1. The molecule has 0 atom stereocenters. The van der Waals surface area contributed by atoms with E-state index in [2.05, 4.69) is 35.3 Å². The SMILES string of the molecule is ClC/C(=C/c1ccc2ncccc2c1)C1CCCCC1. The quantitative estimate of drug-likeness (QED) is 0.685. The molecule has 0 unspecified atom stereocenters. The average Bonchev–Trinajstić information content (AvgIpc) is 2.53. The molecule has 1 aliphatic carbocycles. The molecule has 0 bridgehead atoms. The van der Waals surface area contributed by atoms with Gasteiger partial charge in [-0.25, -0.2) is 0 Å². The molecule has 1 aromatic carbocycles. The van der Waals surface area contributed by atoms with Crippen molar-refractivity contribution in [3.05, 3.63) is 47.7 Å². The Balaban J connectivity index is 1.90. The highest BCUT2D eigenvalue weighted by Crippen LogP contribution is 2.31. The zero-order chi connectivity index (χ0) is 13.8. The van der Waals surface area contributed by atoms with Crippen LogP contribution in [0.3, 0.4) is 0 Å². The number of benzene rings is 1. The zero-order valence-corrected chi connectivity index (χ0v) is 12.4. The lowest BCUT2D eigenvalue weighted by molar-refractivity contribution is 0.405. The topological polar surface area (TPSA) is 12.9 Å². The minimum absolute atomic E-state index is 0.649. The van der Waals surface area contributed by atoms with Crippen molar-refractivity contribution in [1.82, 2.24) is 4.98 Å². The third-order valence-electron chi connectivity index (χ3n) is 4.26. The van der Waals surface area contributed by atoms with Gasteiger partial charge in [0, 0.05) is 17.5 Å². The summed E-state index contributed by atoms with van der Waals surface area (Å²) in [5, 5.41) is 1.19. The maximum atomic E-state index is 6.19. The largest absolute Gasteiger partial charge is 0.256 e. The lowest BCUT2D eigenvalue weighted by Crippen LogP contribution is -2.10. The van der Waals surface area contributed by atoms with Gasteiger partial charge >= 0.3 is 0 Å². The summed E-state index contributed by atoms with van der Waals surface area (Å²) in [5.41, 5.74) is 3.69. The molecule has 2 heteroatoms. The molecule has 104 valence electrons. The summed E-state index contributed by atoms with van der Waals surface area (Å²) in [6, 6.07) is 10.5. The molecule has 0 N–H and O–H groups in total. The first-order valence-electron chi connectivity index (χ1n) is 7.48. The molecule has 2 aromatic rings. The third-order valence-corrected chi connectivity index (χ3v) is 4.57. The fourth-order valence-corrected chi connectivity index (χ4v) is 3.43. The number of halogens is 1. The minimum atomic E-state index is 0.649. The molecule has 0 amide bonds. The van der Waals surface area contributed by atoms with Crippen LogP contribution in [-0.4, -0.2) is 10.9 Å². The van der Waals surface area contributed by atoms with Gasteiger partial charge in [0.05, 0.1) is 5.52 Å². The first kappa shape index (κ1) is 13.6. The van der Waals surface area contributed by atoms with Crippen LogP contribution in [-0.2, 0) is 0 Å². The van der Waals surface area contributed by atoms with Crippen molar-refractivity contribution in [2.24, 2.45) is 5.92 Å². The Morgan fingerprint density at radius 1 is 1.20 bits per heavy atom. The van der Waals surface area contributed by atoms with Crippen molar-refractivity contribution in [1.29, 1.82) is 0 Å². The van der Waals surface area contributed by atoms with E-state index in [1.54, 1.807) is 0 Å². The van der Waals surface area contributed by atoms with Gasteiger partial charge in [0.25, 0.3) is 0 Å². The lowest BCUT2D eigenvalue weighted by atomic mass is 9.83. The summed E-state index contributed by atoms with van der Waals surface area (Å²) in [4.78, 5) is 4.36. The molecule has 1 fully saturated rings. The minimum Gasteiger partial charge on any atom is -0.256 e. The van der Waals surface area contributed by atoms with E-state index in [1.807, 2.05) is 12.3 Å². The van der Waals surface area contributed by atoms with E-state index < -0.39 is 0 Å². The monoisotopic (exact) mass is 285 g/mol.